The number of carboxylic acids is 2. The number of hydrogen-bond acceptors (Lipinski definition) is 4. The summed E-state index contributed by atoms with van der Waals surface area (Å²) in [5.74, 6) is -3.02. The fraction of sp³-hybridized carbons (Fsp3) is 0.333. The van der Waals surface area contributed by atoms with E-state index >= 15 is 0 Å². The van der Waals surface area contributed by atoms with Crippen molar-refractivity contribution in [3.63, 3.8) is 0 Å². The van der Waals surface area contributed by atoms with Crippen LogP contribution in [-0.2, 0) is 11.8 Å². The van der Waals surface area contributed by atoms with Crippen LogP contribution < -0.4 is 5.32 Å². The monoisotopic (exact) mass is 241 g/mol. The molecule has 0 spiro atoms. The normalized spacial score (nSPS) is 9.94. The molecule has 0 aliphatic rings. The second-order valence-corrected chi connectivity index (χ2v) is 3.27. The minimum atomic E-state index is -1.26. The summed E-state index contributed by atoms with van der Waals surface area (Å²) in [5.41, 5.74) is -0.453. The number of amides is 1. The van der Waals surface area contributed by atoms with Crippen LogP contribution in [0, 0.1) is 0 Å². The van der Waals surface area contributed by atoms with E-state index in [-0.39, 0.29) is 24.2 Å². The van der Waals surface area contributed by atoms with Crippen LogP contribution in [0.3, 0.4) is 0 Å². The smallest absolute Gasteiger partial charge is 0.339 e. The fourth-order valence-corrected chi connectivity index (χ4v) is 1.18. The molecule has 1 aromatic heterocycles. The van der Waals surface area contributed by atoms with E-state index in [1.807, 2.05) is 0 Å². The van der Waals surface area contributed by atoms with E-state index in [0.717, 1.165) is 0 Å². The number of nitrogens with zero attached hydrogens (tertiary/aromatic N) is 2. The SMILES string of the molecule is Cn1cc(C(=O)O)c(C(=O)NCCC(=O)O)n1. The first-order valence-corrected chi connectivity index (χ1v) is 4.68. The summed E-state index contributed by atoms with van der Waals surface area (Å²) in [4.78, 5) is 32.5. The van der Waals surface area contributed by atoms with Gasteiger partial charge >= 0.3 is 11.9 Å². The number of nitrogens with one attached hydrogen (secondary N) is 1. The fourth-order valence-electron chi connectivity index (χ4n) is 1.18. The summed E-state index contributed by atoms with van der Waals surface area (Å²) in [6, 6.07) is 0. The van der Waals surface area contributed by atoms with Crippen LogP contribution in [-0.4, -0.2) is 44.4 Å². The van der Waals surface area contributed by atoms with Gasteiger partial charge in [-0.25, -0.2) is 4.79 Å². The first-order valence-electron chi connectivity index (χ1n) is 4.68. The van der Waals surface area contributed by atoms with Crippen LogP contribution in [0.1, 0.15) is 27.3 Å². The molecule has 1 amide bonds. The molecule has 8 heteroatoms. The highest BCUT2D eigenvalue weighted by Gasteiger charge is 2.20. The lowest BCUT2D eigenvalue weighted by atomic mass is 10.2. The maximum atomic E-state index is 11.5. The molecule has 0 aliphatic carbocycles. The van der Waals surface area contributed by atoms with Crippen molar-refractivity contribution in [3.8, 4) is 0 Å². The number of aromatic nitrogens is 2. The standard InChI is InChI=1S/C9H11N3O5/c1-12-4-5(9(16)17)7(11-12)8(15)10-3-2-6(13)14/h4H,2-3H2,1H3,(H,10,15)(H,13,14)(H,16,17). The first kappa shape index (κ1) is 12.7. The molecule has 1 rings (SSSR count). The zero-order valence-electron chi connectivity index (χ0n) is 9.01. The van der Waals surface area contributed by atoms with Gasteiger partial charge in [-0.2, -0.15) is 5.10 Å². The highest BCUT2D eigenvalue weighted by Crippen LogP contribution is 2.06. The lowest BCUT2D eigenvalue weighted by Crippen LogP contribution is -2.27. The van der Waals surface area contributed by atoms with E-state index < -0.39 is 17.8 Å². The summed E-state index contributed by atoms with van der Waals surface area (Å²) < 4.78 is 1.20. The van der Waals surface area contributed by atoms with Crippen molar-refractivity contribution in [3.05, 3.63) is 17.5 Å². The lowest BCUT2D eigenvalue weighted by Gasteiger charge is -2.01. The van der Waals surface area contributed by atoms with Crippen molar-refractivity contribution in [1.29, 1.82) is 0 Å². The average Bonchev–Trinajstić information content (AvgIpc) is 2.59. The molecule has 0 aliphatic heterocycles. The van der Waals surface area contributed by atoms with Gasteiger partial charge in [0.05, 0.1) is 6.42 Å². The molecule has 0 radical (unpaired) electrons. The number of carbonyl (C=O) groups is 3. The third kappa shape index (κ3) is 3.30. The Morgan fingerprint density at radius 1 is 1.41 bits per heavy atom. The number of hydrogen-bond donors (Lipinski definition) is 3. The first-order chi connectivity index (χ1) is 7.91. The molecule has 0 fully saturated rings. The average molecular weight is 241 g/mol. The molecule has 1 heterocycles. The van der Waals surface area contributed by atoms with Gasteiger partial charge in [0.25, 0.3) is 5.91 Å². The maximum Gasteiger partial charge on any atom is 0.339 e. The molecule has 0 unspecified atom stereocenters. The lowest BCUT2D eigenvalue weighted by molar-refractivity contribution is -0.136. The molecular formula is C9H11N3O5. The largest absolute Gasteiger partial charge is 0.481 e. The van der Waals surface area contributed by atoms with Gasteiger partial charge in [-0.15, -0.1) is 0 Å². The van der Waals surface area contributed by atoms with E-state index in [4.69, 9.17) is 10.2 Å². The Morgan fingerprint density at radius 2 is 2.06 bits per heavy atom. The number of aromatic carboxylic acids is 1. The third-order valence-electron chi connectivity index (χ3n) is 1.90. The van der Waals surface area contributed by atoms with E-state index in [2.05, 4.69) is 10.4 Å². The molecule has 0 bridgehead atoms. The van der Waals surface area contributed by atoms with Crippen LogP contribution in [0.5, 0.6) is 0 Å². The highest BCUT2D eigenvalue weighted by molar-refractivity contribution is 6.03. The number of aliphatic carboxylic acids is 1. The molecular weight excluding hydrogens is 230 g/mol. The van der Waals surface area contributed by atoms with Crippen molar-refractivity contribution in [2.24, 2.45) is 7.05 Å². The minimum absolute atomic E-state index is 0.0796. The van der Waals surface area contributed by atoms with E-state index in [0.29, 0.717) is 0 Å². The molecule has 3 N–H and O–H groups in total. The van der Waals surface area contributed by atoms with Crippen LogP contribution in [0.25, 0.3) is 0 Å². The molecule has 0 saturated heterocycles. The van der Waals surface area contributed by atoms with Gasteiger partial charge in [0.15, 0.2) is 5.69 Å². The summed E-state index contributed by atoms with van der Waals surface area (Å²) in [6.07, 6.45) is 0.968. The van der Waals surface area contributed by atoms with Gasteiger partial charge in [-0.05, 0) is 0 Å². The second kappa shape index (κ2) is 5.10. The summed E-state index contributed by atoms with van der Waals surface area (Å²) in [7, 11) is 1.49. The van der Waals surface area contributed by atoms with Crippen molar-refractivity contribution < 1.29 is 24.6 Å². The Hall–Kier alpha value is -2.38. The number of rotatable bonds is 5. The predicted molar refractivity (Wildman–Crippen MR) is 54.8 cm³/mol. The predicted octanol–water partition coefficient (Wildman–Crippen LogP) is -0.677. The Morgan fingerprint density at radius 3 is 2.59 bits per heavy atom. The van der Waals surface area contributed by atoms with E-state index in [9.17, 15) is 14.4 Å². The Kier molecular flexibility index (Phi) is 3.81. The number of carboxylic acid groups (broad SMARTS) is 2. The van der Waals surface area contributed by atoms with Crippen LogP contribution >= 0.6 is 0 Å². The third-order valence-corrected chi connectivity index (χ3v) is 1.90. The molecule has 1 aromatic rings. The van der Waals surface area contributed by atoms with Gasteiger partial charge in [0, 0.05) is 19.8 Å². The van der Waals surface area contributed by atoms with Crippen LogP contribution in [0.4, 0.5) is 0 Å². The molecule has 0 saturated carbocycles. The zero-order valence-corrected chi connectivity index (χ0v) is 9.01. The van der Waals surface area contributed by atoms with Gasteiger partial charge in [-0.3, -0.25) is 14.3 Å². The van der Waals surface area contributed by atoms with Gasteiger partial charge in [-0.1, -0.05) is 0 Å². The zero-order chi connectivity index (χ0) is 13.0. The molecule has 17 heavy (non-hydrogen) atoms. The molecule has 8 nitrogen and oxygen atoms in total. The summed E-state index contributed by atoms with van der Waals surface area (Å²) in [5, 5.41) is 23.2. The van der Waals surface area contributed by atoms with Gasteiger partial charge in [0.1, 0.15) is 5.56 Å². The molecule has 92 valence electrons. The van der Waals surface area contributed by atoms with Crippen molar-refractivity contribution >= 4 is 17.8 Å². The van der Waals surface area contributed by atoms with Crippen molar-refractivity contribution in [2.45, 2.75) is 6.42 Å². The van der Waals surface area contributed by atoms with Gasteiger partial charge < -0.3 is 15.5 Å². The van der Waals surface area contributed by atoms with E-state index in [1.165, 1.54) is 17.9 Å². The quantitative estimate of drug-likeness (QED) is 0.628. The minimum Gasteiger partial charge on any atom is -0.481 e. The van der Waals surface area contributed by atoms with Gasteiger partial charge in [0.2, 0.25) is 0 Å². The Bertz CT molecular complexity index is 465. The van der Waals surface area contributed by atoms with Crippen LogP contribution in [0.15, 0.2) is 6.20 Å². The summed E-state index contributed by atoms with van der Waals surface area (Å²) >= 11 is 0. The van der Waals surface area contributed by atoms with Crippen molar-refractivity contribution in [1.82, 2.24) is 15.1 Å². The Labute approximate surface area is 95.9 Å². The maximum absolute atomic E-state index is 11.5. The molecule has 0 atom stereocenters. The second-order valence-electron chi connectivity index (χ2n) is 3.27. The number of carbonyl (C=O) groups excluding carboxylic acids is 1. The Balaban J connectivity index is 2.75. The highest BCUT2D eigenvalue weighted by atomic mass is 16.4. The van der Waals surface area contributed by atoms with E-state index in [1.54, 1.807) is 0 Å². The topological polar surface area (TPSA) is 122 Å². The van der Waals surface area contributed by atoms with Crippen molar-refractivity contribution in [2.75, 3.05) is 6.54 Å². The number of aryl methyl sites for hydroxylation is 1. The van der Waals surface area contributed by atoms with Crippen LogP contribution in [0.2, 0.25) is 0 Å². The molecule has 0 aromatic carbocycles. The summed E-state index contributed by atoms with van der Waals surface area (Å²) in [6.45, 7) is -0.0796.